The van der Waals surface area contributed by atoms with Crippen LogP contribution in [0.2, 0.25) is 0 Å². The summed E-state index contributed by atoms with van der Waals surface area (Å²) in [5.74, 6) is 0.128. The minimum absolute atomic E-state index is 0.128. The van der Waals surface area contributed by atoms with Gasteiger partial charge in [-0.05, 0) is 37.5 Å². The number of amides is 1. The molecule has 1 aliphatic carbocycles. The monoisotopic (exact) mass is 319 g/mol. The number of carbonyl (C=O) groups excluding carboxylic acids is 1. The first-order valence-corrected chi connectivity index (χ1v) is 8.05. The van der Waals surface area contributed by atoms with Crippen molar-refractivity contribution in [2.75, 3.05) is 19.0 Å². The molecule has 0 aromatic rings. The third-order valence-corrected chi connectivity index (χ3v) is 5.81. The number of alkyl halides is 1. The molecule has 0 atom stereocenters. The van der Waals surface area contributed by atoms with Crippen molar-refractivity contribution in [2.24, 2.45) is 5.41 Å². The maximum absolute atomic E-state index is 12.0. The Kier molecular flexibility index (Phi) is 6.12. The van der Waals surface area contributed by atoms with Crippen molar-refractivity contribution in [1.29, 1.82) is 0 Å². The van der Waals surface area contributed by atoms with Gasteiger partial charge < -0.3 is 10.1 Å². The summed E-state index contributed by atoms with van der Waals surface area (Å²) in [5, 5.41) is 4.02. The van der Waals surface area contributed by atoms with Crippen molar-refractivity contribution in [2.45, 2.75) is 58.0 Å². The highest BCUT2D eigenvalue weighted by Gasteiger charge is 2.39. The van der Waals surface area contributed by atoms with E-state index in [4.69, 9.17) is 4.74 Å². The summed E-state index contributed by atoms with van der Waals surface area (Å²) >= 11 is 3.57. The van der Waals surface area contributed by atoms with Gasteiger partial charge in [0.15, 0.2) is 0 Å². The zero-order valence-electron chi connectivity index (χ0n) is 11.9. The third kappa shape index (κ3) is 3.70. The van der Waals surface area contributed by atoms with Gasteiger partial charge in [-0.1, -0.05) is 29.8 Å². The van der Waals surface area contributed by atoms with Crippen LogP contribution in [-0.2, 0) is 9.53 Å². The lowest BCUT2D eigenvalue weighted by atomic mass is 9.77. The molecule has 0 radical (unpaired) electrons. The van der Waals surface area contributed by atoms with Crippen LogP contribution >= 0.6 is 15.9 Å². The standard InChI is InChI=1S/C14H26BrNO2/c1-4-13(5-2,10-15)11-16-12(17)9-14(18-3)7-6-8-14/h4-11H2,1-3H3,(H,16,17). The number of halogens is 1. The molecule has 0 saturated heterocycles. The molecule has 0 aromatic heterocycles. The Balaban J connectivity index is 2.40. The van der Waals surface area contributed by atoms with Crippen LogP contribution in [0.3, 0.4) is 0 Å². The second-order valence-electron chi connectivity index (χ2n) is 5.53. The zero-order valence-corrected chi connectivity index (χ0v) is 13.4. The number of nitrogens with one attached hydrogen (secondary N) is 1. The van der Waals surface area contributed by atoms with Crippen LogP contribution in [0.25, 0.3) is 0 Å². The predicted octanol–water partition coefficient (Wildman–Crippen LogP) is 3.26. The number of methoxy groups -OCH3 is 1. The number of rotatable bonds is 8. The van der Waals surface area contributed by atoms with Crippen molar-refractivity contribution < 1.29 is 9.53 Å². The average Bonchev–Trinajstić information content (AvgIpc) is 2.36. The molecule has 1 aliphatic rings. The summed E-state index contributed by atoms with van der Waals surface area (Å²) in [7, 11) is 1.72. The minimum atomic E-state index is -0.167. The summed E-state index contributed by atoms with van der Waals surface area (Å²) < 4.78 is 5.49. The van der Waals surface area contributed by atoms with Gasteiger partial charge in [0.1, 0.15) is 0 Å². The van der Waals surface area contributed by atoms with E-state index in [-0.39, 0.29) is 16.9 Å². The summed E-state index contributed by atoms with van der Waals surface area (Å²) in [6, 6.07) is 0. The number of hydrogen-bond acceptors (Lipinski definition) is 2. The molecule has 0 bridgehead atoms. The number of ether oxygens (including phenoxy) is 1. The van der Waals surface area contributed by atoms with E-state index in [9.17, 15) is 4.79 Å². The van der Waals surface area contributed by atoms with Crippen molar-refractivity contribution in [3.63, 3.8) is 0 Å². The van der Waals surface area contributed by atoms with E-state index in [2.05, 4.69) is 35.1 Å². The van der Waals surface area contributed by atoms with Crippen LogP contribution in [0, 0.1) is 5.41 Å². The minimum Gasteiger partial charge on any atom is -0.378 e. The van der Waals surface area contributed by atoms with E-state index in [1.165, 1.54) is 6.42 Å². The van der Waals surface area contributed by atoms with Crippen LogP contribution in [0.1, 0.15) is 52.4 Å². The molecule has 18 heavy (non-hydrogen) atoms. The lowest BCUT2D eigenvalue weighted by Gasteiger charge is -2.40. The zero-order chi connectivity index (χ0) is 13.6. The Morgan fingerprint density at radius 1 is 1.39 bits per heavy atom. The summed E-state index contributed by atoms with van der Waals surface area (Å²) in [6.45, 7) is 5.11. The second-order valence-corrected chi connectivity index (χ2v) is 6.10. The molecule has 1 fully saturated rings. The van der Waals surface area contributed by atoms with Gasteiger partial charge in [-0.15, -0.1) is 0 Å². The normalized spacial score (nSPS) is 18.2. The van der Waals surface area contributed by atoms with E-state index in [0.29, 0.717) is 6.42 Å². The molecule has 0 unspecified atom stereocenters. The molecular weight excluding hydrogens is 294 g/mol. The Bertz CT molecular complexity index is 259. The first kappa shape index (κ1) is 16.0. The van der Waals surface area contributed by atoms with Crippen LogP contribution in [0.15, 0.2) is 0 Å². The number of hydrogen-bond donors (Lipinski definition) is 1. The van der Waals surface area contributed by atoms with Crippen LogP contribution in [0.4, 0.5) is 0 Å². The fourth-order valence-electron chi connectivity index (χ4n) is 2.40. The largest absolute Gasteiger partial charge is 0.378 e. The molecule has 0 spiro atoms. The molecule has 3 nitrogen and oxygen atoms in total. The lowest BCUT2D eigenvalue weighted by molar-refractivity contribution is -0.134. The van der Waals surface area contributed by atoms with Crippen LogP contribution in [-0.4, -0.2) is 30.5 Å². The number of carbonyl (C=O) groups is 1. The molecule has 0 aromatic carbocycles. The molecule has 1 rings (SSSR count). The van der Waals surface area contributed by atoms with E-state index >= 15 is 0 Å². The quantitative estimate of drug-likeness (QED) is 0.697. The first-order chi connectivity index (χ1) is 8.55. The molecule has 4 heteroatoms. The Labute approximate surface area is 119 Å². The predicted molar refractivity (Wildman–Crippen MR) is 78.0 cm³/mol. The van der Waals surface area contributed by atoms with Crippen molar-refractivity contribution in [3.8, 4) is 0 Å². The fraction of sp³-hybridized carbons (Fsp3) is 0.929. The van der Waals surface area contributed by atoms with Crippen LogP contribution < -0.4 is 5.32 Å². The fourth-order valence-corrected chi connectivity index (χ4v) is 3.39. The van der Waals surface area contributed by atoms with Gasteiger partial charge in [-0.3, -0.25) is 4.79 Å². The molecule has 1 amide bonds. The molecule has 106 valence electrons. The first-order valence-electron chi connectivity index (χ1n) is 6.93. The summed E-state index contributed by atoms with van der Waals surface area (Å²) in [5.41, 5.74) is 0.0229. The molecule has 1 saturated carbocycles. The summed E-state index contributed by atoms with van der Waals surface area (Å²) in [4.78, 5) is 12.0. The van der Waals surface area contributed by atoms with Gasteiger partial charge in [-0.2, -0.15) is 0 Å². The van der Waals surface area contributed by atoms with Crippen molar-refractivity contribution in [3.05, 3.63) is 0 Å². The lowest BCUT2D eigenvalue weighted by Crippen LogP contribution is -2.46. The van der Waals surface area contributed by atoms with Gasteiger partial charge in [-0.25, -0.2) is 0 Å². The Morgan fingerprint density at radius 2 is 2.00 bits per heavy atom. The second kappa shape index (κ2) is 6.90. The highest BCUT2D eigenvalue weighted by Crippen LogP contribution is 2.38. The van der Waals surface area contributed by atoms with Crippen molar-refractivity contribution in [1.82, 2.24) is 5.32 Å². The Morgan fingerprint density at radius 3 is 2.33 bits per heavy atom. The van der Waals surface area contributed by atoms with Gasteiger partial charge >= 0.3 is 0 Å². The van der Waals surface area contributed by atoms with E-state index in [0.717, 1.165) is 37.6 Å². The maximum atomic E-state index is 12.0. The molecule has 0 aliphatic heterocycles. The van der Waals surface area contributed by atoms with E-state index in [1.807, 2.05) is 0 Å². The smallest absolute Gasteiger partial charge is 0.222 e. The topological polar surface area (TPSA) is 38.3 Å². The average molecular weight is 320 g/mol. The van der Waals surface area contributed by atoms with Gasteiger partial charge in [0.2, 0.25) is 5.91 Å². The van der Waals surface area contributed by atoms with Gasteiger partial charge in [0.05, 0.1) is 12.0 Å². The third-order valence-electron chi connectivity index (χ3n) is 4.62. The molecule has 1 N–H and O–H groups in total. The highest BCUT2D eigenvalue weighted by atomic mass is 79.9. The van der Waals surface area contributed by atoms with Crippen LogP contribution in [0.5, 0.6) is 0 Å². The molecular formula is C14H26BrNO2. The maximum Gasteiger partial charge on any atom is 0.222 e. The Hall–Kier alpha value is -0.0900. The SMILES string of the molecule is CCC(CC)(CBr)CNC(=O)CC1(OC)CCC1. The van der Waals surface area contributed by atoms with E-state index in [1.54, 1.807) is 7.11 Å². The van der Waals surface area contributed by atoms with Gasteiger partial charge in [0.25, 0.3) is 0 Å². The van der Waals surface area contributed by atoms with E-state index < -0.39 is 0 Å². The summed E-state index contributed by atoms with van der Waals surface area (Å²) in [6.07, 6.45) is 5.87. The van der Waals surface area contributed by atoms with Crippen molar-refractivity contribution >= 4 is 21.8 Å². The van der Waals surface area contributed by atoms with Gasteiger partial charge in [0, 0.05) is 19.0 Å². The molecule has 0 heterocycles. The highest BCUT2D eigenvalue weighted by molar-refractivity contribution is 9.09.